The Labute approximate surface area is 191 Å². The molecule has 0 atom stereocenters. The fourth-order valence-corrected chi connectivity index (χ4v) is 4.01. The molecule has 1 N–H and O–H groups in total. The zero-order valence-electron chi connectivity index (χ0n) is 18.9. The Bertz CT molecular complexity index is 1380. The first kappa shape index (κ1) is 22.1. The summed E-state index contributed by atoms with van der Waals surface area (Å²) in [5, 5.41) is 5.22. The molecule has 0 radical (unpaired) electrons. The van der Waals surface area contributed by atoms with E-state index in [1.54, 1.807) is 25.6 Å². The highest BCUT2D eigenvalue weighted by Crippen LogP contribution is 2.24. The van der Waals surface area contributed by atoms with Gasteiger partial charge in [0.2, 0.25) is 0 Å². The number of amides is 1. The third-order valence-corrected chi connectivity index (χ3v) is 5.73. The molecule has 0 aliphatic heterocycles. The minimum Gasteiger partial charge on any atom is -0.497 e. The standard InChI is InChI=1S/C26H26N4O3/c1-4-30-18(2)23(21-8-5-6-10-24(21)30)16-27-28-25(31)22-9-7-15-29(26(22)32)17-19-11-13-20(33-3)14-12-19/h5-16H,4,17H2,1-3H3,(H,28,31)/b27-16-. The molecule has 0 fully saturated rings. The van der Waals surface area contributed by atoms with Crippen molar-refractivity contribution >= 4 is 23.0 Å². The molecule has 7 nitrogen and oxygen atoms in total. The normalized spacial score (nSPS) is 11.2. The largest absolute Gasteiger partial charge is 0.497 e. The molecule has 0 saturated carbocycles. The summed E-state index contributed by atoms with van der Waals surface area (Å²) in [6.45, 7) is 5.31. The zero-order chi connectivity index (χ0) is 23.4. The van der Waals surface area contributed by atoms with Crippen molar-refractivity contribution in [1.82, 2.24) is 14.6 Å². The average molecular weight is 443 g/mol. The number of hydrogen-bond donors (Lipinski definition) is 1. The second kappa shape index (κ2) is 9.56. The van der Waals surface area contributed by atoms with Crippen molar-refractivity contribution in [3.05, 3.63) is 99.6 Å². The van der Waals surface area contributed by atoms with Crippen LogP contribution in [0.5, 0.6) is 5.75 Å². The van der Waals surface area contributed by atoms with Crippen molar-refractivity contribution in [2.45, 2.75) is 26.9 Å². The molecule has 2 heterocycles. The van der Waals surface area contributed by atoms with Gasteiger partial charge in [-0.1, -0.05) is 30.3 Å². The molecule has 4 rings (SSSR count). The number of hydrazone groups is 1. The average Bonchev–Trinajstić information content (AvgIpc) is 3.11. The fourth-order valence-electron chi connectivity index (χ4n) is 4.01. The van der Waals surface area contributed by atoms with Crippen LogP contribution in [0.1, 0.15) is 34.1 Å². The number of carbonyl (C=O) groups is 1. The van der Waals surface area contributed by atoms with Crippen molar-refractivity contribution in [3.63, 3.8) is 0 Å². The predicted molar refractivity (Wildman–Crippen MR) is 130 cm³/mol. The van der Waals surface area contributed by atoms with Gasteiger partial charge in [0.25, 0.3) is 11.5 Å². The first-order chi connectivity index (χ1) is 16.0. The number of hydrogen-bond acceptors (Lipinski definition) is 4. The number of nitrogens with one attached hydrogen (secondary N) is 1. The molecule has 4 aromatic rings. The van der Waals surface area contributed by atoms with E-state index >= 15 is 0 Å². The predicted octanol–water partition coefficient (Wildman–Crippen LogP) is 3.95. The number of rotatable bonds is 7. The van der Waals surface area contributed by atoms with Gasteiger partial charge in [-0.2, -0.15) is 5.10 Å². The monoisotopic (exact) mass is 442 g/mol. The van der Waals surface area contributed by atoms with Crippen LogP contribution >= 0.6 is 0 Å². The van der Waals surface area contributed by atoms with Crippen molar-refractivity contribution < 1.29 is 9.53 Å². The second-order valence-corrected chi connectivity index (χ2v) is 7.66. The number of aryl methyl sites for hydroxylation is 1. The van der Waals surface area contributed by atoms with Gasteiger partial charge in [0, 0.05) is 34.9 Å². The summed E-state index contributed by atoms with van der Waals surface area (Å²) >= 11 is 0. The number of fused-ring (bicyclic) bond motifs is 1. The number of para-hydroxylation sites is 1. The molecule has 1 amide bonds. The Morgan fingerprint density at radius 2 is 1.85 bits per heavy atom. The number of carbonyl (C=O) groups excluding carboxylic acids is 1. The Morgan fingerprint density at radius 1 is 1.09 bits per heavy atom. The van der Waals surface area contributed by atoms with E-state index in [0.29, 0.717) is 6.54 Å². The first-order valence-corrected chi connectivity index (χ1v) is 10.8. The van der Waals surface area contributed by atoms with Crippen LogP contribution in [0.25, 0.3) is 10.9 Å². The van der Waals surface area contributed by atoms with Crippen LogP contribution in [0.15, 0.2) is 76.8 Å². The summed E-state index contributed by atoms with van der Waals surface area (Å²) in [6.07, 6.45) is 3.30. The van der Waals surface area contributed by atoms with Gasteiger partial charge in [-0.05, 0) is 49.7 Å². The molecular weight excluding hydrogens is 416 g/mol. The lowest BCUT2D eigenvalue weighted by atomic mass is 10.1. The maximum atomic E-state index is 12.9. The Kier molecular flexibility index (Phi) is 6.40. The van der Waals surface area contributed by atoms with Gasteiger partial charge >= 0.3 is 0 Å². The van der Waals surface area contributed by atoms with Crippen molar-refractivity contribution in [3.8, 4) is 5.75 Å². The lowest BCUT2D eigenvalue weighted by molar-refractivity contribution is 0.0953. The summed E-state index contributed by atoms with van der Waals surface area (Å²) in [5.41, 5.74) is 6.23. The summed E-state index contributed by atoms with van der Waals surface area (Å²) < 4.78 is 8.87. The van der Waals surface area contributed by atoms with Crippen LogP contribution in [0, 0.1) is 6.92 Å². The van der Waals surface area contributed by atoms with E-state index in [1.807, 2.05) is 49.4 Å². The number of pyridine rings is 1. The van der Waals surface area contributed by atoms with E-state index in [1.165, 1.54) is 10.6 Å². The van der Waals surface area contributed by atoms with Crippen molar-refractivity contribution in [2.75, 3.05) is 7.11 Å². The van der Waals surface area contributed by atoms with Gasteiger partial charge in [0.15, 0.2) is 0 Å². The molecule has 0 unspecified atom stereocenters. The minimum atomic E-state index is -0.544. The maximum absolute atomic E-state index is 12.9. The second-order valence-electron chi connectivity index (χ2n) is 7.66. The van der Waals surface area contributed by atoms with Gasteiger partial charge in [-0.3, -0.25) is 9.59 Å². The summed E-state index contributed by atoms with van der Waals surface area (Å²) in [5.74, 6) is 0.201. The summed E-state index contributed by atoms with van der Waals surface area (Å²) in [4.78, 5) is 25.6. The van der Waals surface area contributed by atoms with E-state index in [-0.39, 0.29) is 11.1 Å². The molecule has 7 heteroatoms. The van der Waals surface area contributed by atoms with Gasteiger partial charge < -0.3 is 13.9 Å². The topological polar surface area (TPSA) is 77.6 Å². The molecule has 0 aliphatic rings. The van der Waals surface area contributed by atoms with Crippen molar-refractivity contribution in [2.24, 2.45) is 5.10 Å². The number of nitrogens with zero attached hydrogens (tertiary/aromatic N) is 3. The third kappa shape index (κ3) is 4.43. The quantitative estimate of drug-likeness (QED) is 0.348. The van der Waals surface area contributed by atoms with E-state index in [2.05, 4.69) is 28.1 Å². The van der Waals surface area contributed by atoms with Crippen LogP contribution in [0.2, 0.25) is 0 Å². The molecule has 0 spiro atoms. The molecule has 0 bridgehead atoms. The van der Waals surface area contributed by atoms with Crippen LogP contribution in [0.3, 0.4) is 0 Å². The molecule has 168 valence electrons. The summed E-state index contributed by atoms with van der Waals surface area (Å²) in [7, 11) is 1.60. The number of aromatic nitrogens is 2. The lowest BCUT2D eigenvalue weighted by Crippen LogP contribution is -2.30. The summed E-state index contributed by atoms with van der Waals surface area (Å²) in [6, 6.07) is 18.7. The third-order valence-electron chi connectivity index (χ3n) is 5.73. The van der Waals surface area contributed by atoms with Gasteiger partial charge in [0.1, 0.15) is 11.3 Å². The Morgan fingerprint density at radius 3 is 2.58 bits per heavy atom. The molecule has 2 aromatic heterocycles. The van der Waals surface area contributed by atoms with Crippen LogP contribution in [-0.4, -0.2) is 28.4 Å². The minimum absolute atomic E-state index is 0.0378. The smallest absolute Gasteiger partial charge is 0.276 e. The highest BCUT2D eigenvalue weighted by atomic mass is 16.5. The van der Waals surface area contributed by atoms with Gasteiger partial charge in [0.05, 0.1) is 19.9 Å². The van der Waals surface area contributed by atoms with Crippen molar-refractivity contribution in [1.29, 1.82) is 0 Å². The first-order valence-electron chi connectivity index (χ1n) is 10.8. The molecular formula is C26H26N4O3. The van der Waals surface area contributed by atoms with Crippen LogP contribution in [0.4, 0.5) is 0 Å². The number of ether oxygens (including phenoxy) is 1. The number of methoxy groups -OCH3 is 1. The van der Waals surface area contributed by atoms with Crippen LogP contribution < -0.4 is 15.7 Å². The van der Waals surface area contributed by atoms with E-state index in [9.17, 15) is 9.59 Å². The van der Waals surface area contributed by atoms with E-state index < -0.39 is 5.91 Å². The highest BCUT2D eigenvalue weighted by Gasteiger charge is 2.13. The molecule has 0 saturated heterocycles. The Balaban J connectivity index is 1.53. The Hall–Kier alpha value is -4.13. The maximum Gasteiger partial charge on any atom is 0.276 e. The highest BCUT2D eigenvalue weighted by molar-refractivity contribution is 6.02. The lowest BCUT2D eigenvalue weighted by Gasteiger charge is -2.08. The van der Waals surface area contributed by atoms with Gasteiger partial charge in [-0.15, -0.1) is 0 Å². The van der Waals surface area contributed by atoms with E-state index in [4.69, 9.17) is 4.74 Å². The van der Waals surface area contributed by atoms with E-state index in [0.717, 1.165) is 40.0 Å². The molecule has 0 aliphatic carbocycles. The fraction of sp³-hybridized carbons (Fsp3) is 0.192. The SMILES string of the molecule is CCn1c(C)c(/C=N\NC(=O)c2cccn(Cc3ccc(OC)cc3)c2=O)c2ccccc21. The number of benzene rings is 2. The molecule has 2 aromatic carbocycles. The zero-order valence-corrected chi connectivity index (χ0v) is 18.9. The van der Waals surface area contributed by atoms with Gasteiger partial charge in [-0.25, -0.2) is 5.43 Å². The van der Waals surface area contributed by atoms with Crippen LogP contribution in [-0.2, 0) is 13.1 Å². The molecule has 33 heavy (non-hydrogen) atoms.